The van der Waals surface area contributed by atoms with Gasteiger partial charge in [0.05, 0.1) is 0 Å². The highest BCUT2D eigenvalue weighted by molar-refractivity contribution is 6.31. The van der Waals surface area contributed by atoms with Gasteiger partial charge in [0.15, 0.2) is 5.82 Å². The average Bonchev–Trinajstić information content (AvgIpc) is 3.24. The number of halogens is 1. The van der Waals surface area contributed by atoms with E-state index in [2.05, 4.69) is 25.5 Å². The van der Waals surface area contributed by atoms with Gasteiger partial charge in [0.25, 0.3) is 5.91 Å². The number of rotatable bonds is 4. The maximum absolute atomic E-state index is 12.6. The standard InChI is InChI=1S/C20H16ClN5O/c21-14-7-6-12-9-17(23-16(12)10-14)20(27)22-15-3-1-2-13(8-15)19-24-18(25-26-19)11-4-5-11/h1-3,6-11,23H,4-5H2,(H,22,27)(H,24,25,26). The largest absolute Gasteiger partial charge is 0.350 e. The van der Waals surface area contributed by atoms with Crippen LogP contribution >= 0.6 is 11.6 Å². The summed E-state index contributed by atoms with van der Waals surface area (Å²) < 4.78 is 0. The number of nitrogens with one attached hydrogen (secondary N) is 3. The lowest BCUT2D eigenvalue weighted by Gasteiger charge is -2.05. The first-order chi connectivity index (χ1) is 13.2. The average molecular weight is 378 g/mol. The molecule has 5 rings (SSSR count). The molecule has 0 aliphatic heterocycles. The molecule has 2 aromatic carbocycles. The molecule has 6 nitrogen and oxygen atoms in total. The highest BCUT2D eigenvalue weighted by atomic mass is 35.5. The third-order valence-corrected chi connectivity index (χ3v) is 4.91. The molecular formula is C20H16ClN5O. The van der Waals surface area contributed by atoms with Gasteiger partial charge in [-0.15, -0.1) is 0 Å². The number of aromatic amines is 2. The van der Waals surface area contributed by atoms with E-state index >= 15 is 0 Å². The lowest BCUT2D eigenvalue weighted by atomic mass is 10.2. The van der Waals surface area contributed by atoms with Crippen LogP contribution in [0.15, 0.2) is 48.5 Å². The van der Waals surface area contributed by atoms with Crippen LogP contribution in [0, 0.1) is 0 Å². The van der Waals surface area contributed by atoms with E-state index in [0.29, 0.717) is 28.1 Å². The van der Waals surface area contributed by atoms with E-state index in [9.17, 15) is 4.79 Å². The fraction of sp³-hybridized carbons (Fsp3) is 0.150. The van der Waals surface area contributed by atoms with Gasteiger partial charge in [0.2, 0.25) is 0 Å². The first-order valence-electron chi connectivity index (χ1n) is 8.78. The van der Waals surface area contributed by atoms with Crippen molar-refractivity contribution in [1.29, 1.82) is 0 Å². The van der Waals surface area contributed by atoms with Crippen molar-refractivity contribution in [2.24, 2.45) is 0 Å². The zero-order chi connectivity index (χ0) is 18.4. The van der Waals surface area contributed by atoms with Crippen molar-refractivity contribution in [3.63, 3.8) is 0 Å². The summed E-state index contributed by atoms with van der Waals surface area (Å²) in [4.78, 5) is 20.3. The second-order valence-electron chi connectivity index (χ2n) is 6.77. The van der Waals surface area contributed by atoms with Gasteiger partial charge < -0.3 is 10.3 Å². The van der Waals surface area contributed by atoms with Gasteiger partial charge in [-0.25, -0.2) is 4.98 Å². The smallest absolute Gasteiger partial charge is 0.272 e. The quantitative estimate of drug-likeness (QED) is 0.480. The van der Waals surface area contributed by atoms with E-state index in [-0.39, 0.29) is 5.91 Å². The van der Waals surface area contributed by atoms with Crippen LogP contribution < -0.4 is 5.32 Å². The minimum Gasteiger partial charge on any atom is -0.350 e. The normalized spacial score (nSPS) is 13.8. The Morgan fingerprint density at radius 1 is 1.15 bits per heavy atom. The van der Waals surface area contributed by atoms with Crippen LogP contribution in [0.3, 0.4) is 0 Å². The molecule has 0 bridgehead atoms. The molecule has 0 atom stereocenters. The van der Waals surface area contributed by atoms with Crippen molar-refractivity contribution in [3.05, 3.63) is 65.1 Å². The lowest BCUT2D eigenvalue weighted by Crippen LogP contribution is -2.12. The molecule has 0 radical (unpaired) electrons. The van der Waals surface area contributed by atoms with Crippen LogP contribution in [0.5, 0.6) is 0 Å². The highest BCUT2D eigenvalue weighted by Crippen LogP contribution is 2.38. The number of hydrogen-bond donors (Lipinski definition) is 3. The zero-order valence-corrected chi connectivity index (χ0v) is 15.0. The molecule has 1 fully saturated rings. The van der Waals surface area contributed by atoms with Crippen molar-refractivity contribution >= 4 is 34.1 Å². The zero-order valence-electron chi connectivity index (χ0n) is 14.3. The summed E-state index contributed by atoms with van der Waals surface area (Å²) in [6, 6.07) is 14.8. The predicted molar refractivity (Wildman–Crippen MR) is 105 cm³/mol. The number of aromatic nitrogens is 4. The van der Waals surface area contributed by atoms with Crippen molar-refractivity contribution < 1.29 is 4.79 Å². The third kappa shape index (κ3) is 3.19. The Morgan fingerprint density at radius 2 is 2.04 bits per heavy atom. The van der Waals surface area contributed by atoms with E-state index in [1.807, 2.05) is 36.4 Å². The Balaban J connectivity index is 1.38. The molecule has 7 heteroatoms. The summed E-state index contributed by atoms with van der Waals surface area (Å²) in [7, 11) is 0. The van der Waals surface area contributed by atoms with Crippen molar-refractivity contribution in [3.8, 4) is 11.4 Å². The molecule has 2 aromatic heterocycles. The van der Waals surface area contributed by atoms with E-state index in [0.717, 1.165) is 22.3 Å². The van der Waals surface area contributed by atoms with Gasteiger partial charge in [-0.1, -0.05) is 29.8 Å². The van der Waals surface area contributed by atoms with Crippen LogP contribution in [-0.4, -0.2) is 26.1 Å². The number of hydrogen-bond acceptors (Lipinski definition) is 3. The number of anilines is 1. The Bertz CT molecular complexity index is 1160. The number of H-pyrrole nitrogens is 2. The molecule has 2 heterocycles. The summed E-state index contributed by atoms with van der Waals surface area (Å²) >= 11 is 6.00. The number of nitrogens with zero attached hydrogens (tertiary/aromatic N) is 2. The molecule has 134 valence electrons. The van der Waals surface area contributed by atoms with Gasteiger partial charge in [-0.05, 0) is 43.2 Å². The van der Waals surface area contributed by atoms with E-state index in [1.54, 1.807) is 12.1 Å². The third-order valence-electron chi connectivity index (χ3n) is 4.67. The second kappa shape index (κ2) is 6.25. The molecular weight excluding hydrogens is 362 g/mol. The Hall–Kier alpha value is -3.12. The number of fused-ring (bicyclic) bond motifs is 1. The van der Waals surface area contributed by atoms with Crippen LogP contribution in [0.1, 0.15) is 35.1 Å². The Labute approximate surface area is 160 Å². The highest BCUT2D eigenvalue weighted by Gasteiger charge is 2.27. The van der Waals surface area contributed by atoms with Gasteiger partial charge in [-0.3, -0.25) is 9.89 Å². The van der Waals surface area contributed by atoms with Gasteiger partial charge >= 0.3 is 0 Å². The Kier molecular flexibility index (Phi) is 3.72. The first kappa shape index (κ1) is 16.1. The van der Waals surface area contributed by atoms with Gasteiger partial charge in [0, 0.05) is 33.1 Å². The topological polar surface area (TPSA) is 86.5 Å². The van der Waals surface area contributed by atoms with Crippen molar-refractivity contribution in [2.45, 2.75) is 18.8 Å². The molecule has 3 N–H and O–H groups in total. The van der Waals surface area contributed by atoms with Crippen LogP contribution in [0.25, 0.3) is 22.3 Å². The molecule has 0 spiro atoms. The fourth-order valence-corrected chi connectivity index (χ4v) is 3.27. The summed E-state index contributed by atoms with van der Waals surface area (Å²) in [6.45, 7) is 0. The van der Waals surface area contributed by atoms with Crippen LogP contribution in [-0.2, 0) is 0 Å². The maximum Gasteiger partial charge on any atom is 0.272 e. The summed E-state index contributed by atoms with van der Waals surface area (Å²) in [5.41, 5.74) is 2.85. The van der Waals surface area contributed by atoms with Crippen LogP contribution in [0.2, 0.25) is 5.02 Å². The molecule has 1 aliphatic carbocycles. The molecule has 1 amide bonds. The summed E-state index contributed by atoms with van der Waals surface area (Å²) in [6.07, 6.45) is 2.33. The molecule has 27 heavy (non-hydrogen) atoms. The fourth-order valence-electron chi connectivity index (χ4n) is 3.10. The molecule has 4 aromatic rings. The second-order valence-corrected chi connectivity index (χ2v) is 7.20. The summed E-state index contributed by atoms with van der Waals surface area (Å²) in [5.74, 6) is 1.89. The molecule has 0 unspecified atom stereocenters. The SMILES string of the molecule is O=C(Nc1cccc(-c2n[nH]c(C3CC3)n2)c1)c1cc2ccc(Cl)cc2[nH]1. The predicted octanol–water partition coefficient (Wildman–Crippen LogP) is 4.74. The molecule has 0 saturated heterocycles. The van der Waals surface area contributed by atoms with E-state index < -0.39 is 0 Å². The van der Waals surface area contributed by atoms with Gasteiger partial charge in [-0.2, -0.15) is 5.10 Å². The number of benzene rings is 2. The first-order valence-corrected chi connectivity index (χ1v) is 9.16. The maximum atomic E-state index is 12.6. The molecule has 1 aliphatic rings. The monoisotopic (exact) mass is 377 g/mol. The van der Waals surface area contributed by atoms with Crippen molar-refractivity contribution in [1.82, 2.24) is 20.2 Å². The number of carbonyl (C=O) groups excluding carboxylic acids is 1. The number of amides is 1. The van der Waals surface area contributed by atoms with E-state index in [4.69, 9.17) is 11.6 Å². The van der Waals surface area contributed by atoms with Crippen LogP contribution in [0.4, 0.5) is 5.69 Å². The van der Waals surface area contributed by atoms with E-state index in [1.165, 1.54) is 12.8 Å². The summed E-state index contributed by atoms with van der Waals surface area (Å²) in [5, 5.41) is 11.8. The Morgan fingerprint density at radius 3 is 2.89 bits per heavy atom. The number of carbonyl (C=O) groups is 1. The molecule has 1 saturated carbocycles. The minimum atomic E-state index is -0.215. The lowest BCUT2D eigenvalue weighted by molar-refractivity contribution is 0.102. The minimum absolute atomic E-state index is 0.215. The van der Waals surface area contributed by atoms with Gasteiger partial charge in [0.1, 0.15) is 11.5 Å². The van der Waals surface area contributed by atoms with Crippen molar-refractivity contribution in [2.75, 3.05) is 5.32 Å².